The number of amides is 1. The van der Waals surface area contributed by atoms with Crippen LogP contribution in [0.15, 0.2) is 23.1 Å². The average Bonchev–Trinajstić information content (AvgIpc) is 2.96. The van der Waals surface area contributed by atoms with Gasteiger partial charge in [0.15, 0.2) is 5.13 Å². The smallest absolute Gasteiger partial charge is 0.243 e. The standard InChI is InChI=1S/C15H18BrN3O3S2/c1-10(16)14(20)18-15-17-12-6-5-11(9-13(12)23-15)24(21,22)19-7-3-2-4-8-19/h5-6,9-10H,2-4,7-8H2,1H3,(H,17,18,20). The number of halogens is 1. The highest BCUT2D eigenvalue weighted by Gasteiger charge is 2.26. The Balaban J connectivity index is 1.89. The largest absolute Gasteiger partial charge is 0.301 e. The zero-order chi connectivity index (χ0) is 17.3. The molecule has 1 saturated heterocycles. The Morgan fingerprint density at radius 1 is 1.33 bits per heavy atom. The van der Waals surface area contributed by atoms with E-state index in [0.717, 1.165) is 24.0 Å². The molecule has 0 bridgehead atoms. The number of piperidine rings is 1. The van der Waals surface area contributed by atoms with Crippen LogP contribution in [0.2, 0.25) is 0 Å². The number of benzene rings is 1. The summed E-state index contributed by atoms with van der Waals surface area (Å²) in [6.45, 7) is 2.88. The van der Waals surface area contributed by atoms with Gasteiger partial charge in [-0.2, -0.15) is 4.31 Å². The zero-order valence-electron chi connectivity index (χ0n) is 13.2. The van der Waals surface area contributed by atoms with E-state index in [1.54, 1.807) is 29.4 Å². The minimum absolute atomic E-state index is 0.185. The third-order valence-electron chi connectivity index (χ3n) is 3.90. The molecule has 24 heavy (non-hydrogen) atoms. The van der Waals surface area contributed by atoms with Crippen molar-refractivity contribution in [3.8, 4) is 0 Å². The van der Waals surface area contributed by atoms with Gasteiger partial charge in [0.2, 0.25) is 15.9 Å². The lowest BCUT2D eigenvalue weighted by molar-refractivity contribution is -0.115. The molecule has 6 nitrogen and oxygen atoms in total. The Hall–Kier alpha value is -1.03. The summed E-state index contributed by atoms with van der Waals surface area (Å²) in [4.78, 5) is 16.0. The summed E-state index contributed by atoms with van der Waals surface area (Å²) in [5.74, 6) is -0.185. The molecule has 0 radical (unpaired) electrons. The van der Waals surface area contributed by atoms with E-state index in [4.69, 9.17) is 0 Å². The van der Waals surface area contributed by atoms with E-state index in [2.05, 4.69) is 26.2 Å². The number of fused-ring (bicyclic) bond motifs is 1. The first kappa shape index (κ1) is 17.8. The number of alkyl halides is 1. The number of anilines is 1. The van der Waals surface area contributed by atoms with Crippen LogP contribution in [0.4, 0.5) is 5.13 Å². The molecular formula is C15H18BrN3O3S2. The number of hydrogen-bond donors (Lipinski definition) is 1. The van der Waals surface area contributed by atoms with Crippen molar-refractivity contribution < 1.29 is 13.2 Å². The van der Waals surface area contributed by atoms with Crippen molar-refractivity contribution in [2.45, 2.75) is 35.9 Å². The first-order chi connectivity index (χ1) is 11.4. The molecular weight excluding hydrogens is 414 g/mol. The second-order valence-electron chi connectivity index (χ2n) is 5.72. The SMILES string of the molecule is CC(Br)C(=O)Nc1nc2ccc(S(=O)(=O)N3CCCCC3)cc2s1. The molecule has 1 N–H and O–H groups in total. The van der Waals surface area contributed by atoms with Gasteiger partial charge >= 0.3 is 0 Å². The monoisotopic (exact) mass is 431 g/mol. The topological polar surface area (TPSA) is 79.4 Å². The molecule has 1 unspecified atom stereocenters. The van der Waals surface area contributed by atoms with Crippen LogP contribution in [0.3, 0.4) is 0 Å². The van der Waals surface area contributed by atoms with Crippen LogP contribution < -0.4 is 5.32 Å². The Morgan fingerprint density at radius 2 is 2.04 bits per heavy atom. The summed E-state index contributed by atoms with van der Waals surface area (Å²) in [5.41, 5.74) is 0.676. The van der Waals surface area contributed by atoms with Gasteiger partial charge in [0, 0.05) is 13.1 Å². The van der Waals surface area contributed by atoms with Crippen molar-refractivity contribution in [1.29, 1.82) is 0 Å². The van der Waals surface area contributed by atoms with Gasteiger partial charge in [0.1, 0.15) is 0 Å². The number of nitrogens with one attached hydrogen (secondary N) is 1. The van der Waals surface area contributed by atoms with Crippen molar-refractivity contribution in [1.82, 2.24) is 9.29 Å². The fourth-order valence-corrected chi connectivity index (χ4v) is 5.22. The number of rotatable bonds is 4. The minimum Gasteiger partial charge on any atom is -0.301 e. The number of sulfonamides is 1. The van der Waals surface area contributed by atoms with Crippen molar-refractivity contribution in [2.75, 3.05) is 18.4 Å². The minimum atomic E-state index is -3.46. The van der Waals surface area contributed by atoms with E-state index < -0.39 is 10.0 Å². The highest BCUT2D eigenvalue weighted by molar-refractivity contribution is 9.10. The fraction of sp³-hybridized carbons (Fsp3) is 0.467. The van der Waals surface area contributed by atoms with Crippen molar-refractivity contribution in [2.24, 2.45) is 0 Å². The van der Waals surface area contributed by atoms with Gasteiger partial charge in [0.05, 0.1) is 19.9 Å². The van der Waals surface area contributed by atoms with Gasteiger partial charge in [-0.3, -0.25) is 4.79 Å². The molecule has 9 heteroatoms. The zero-order valence-corrected chi connectivity index (χ0v) is 16.4. The summed E-state index contributed by atoms with van der Waals surface area (Å²) in [7, 11) is -3.46. The van der Waals surface area contributed by atoms with Crippen LogP contribution in [0.1, 0.15) is 26.2 Å². The van der Waals surface area contributed by atoms with Crippen LogP contribution in [0.5, 0.6) is 0 Å². The first-order valence-electron chi connectivity index (χ1n) is 7.73. The number of carbonyl (C=O) groups excluding carboxylic acids is 1. The number of nitrogens with zero attached hydrogens (tertiary/aromatic N) is 2. The van der Waals surface area contributed by atoms with Crippen LogP contribution in [-0.2, 0) is 14.8 Å². The molecule has 1 amide bonds. The molecule has 0 saturated carbocycles. The summed E-state index contributed by atoms with van der Waals surface area (Å²) in [5, 5.41) is 3.18. The molecule has 1 aromatic carbocycles. The maximum atomic E-state index is 12.7. The van der Waals surface area contributed by atoms with Gasteiger partial charge in [-0.15, -0.1) is 0 Å². The first-order valence-corrected chi connectivity index (χ1v) is 10.9. The van der Waals surface area contributed by atoms with Gasteiger partial charge in [-0.25, -0.2) is 13.4 Å². The number of hydrogen-bond acceptors (Lipinski definition) is 5. The van der Waals surface area contributed by atoms with Crippen molar-refractivity contribution >= 4 is 58.5 Å². The summed E-state index contributed by atoms with van der Waals surface area (Å²) >= 11 is 4.48. The molecule has 130 valence electrons. The quantitative estimate of drug-likeness (QED) is 0.753. The van der Waals surface area contributed by atoms with E-state index in [9.17, 15) is 13.2 Å². The number of aromatic nitrogens is 1. The van der Waals surface area contributed by atoms with E-state index >= 15 is 0 Å². The predicted molar refractivity (Wildman–Crippen MR) is 99.2 cm³/mol. The Bertz CT molecular complexity index is 858. The molecule has 0 spiro atoms. The molecule has 3 rings (SSSR count). The summed E-state index contributed by atoms with van der Waals surface area (Å²) in [6.07, 6.45) is 2.89. The molecule has 2 aromatic rings. The summed E-state index contributed by atoms with van der Waals surface area (Å²) in [6, 6.07) is 4.92. The second-order valence-corrected chi connectivity index (χ2v) is 10.1. The average molecular weight is 432 g/mol. The molecule has 1 atom stereocenters. The maximum absolute atomic E-state index is 12.7. The van der Waals surface area contributed by atoms with Crippen LogP contribution in [-0.4, -0.2) is 41.5 Å². The number of thiazole rings is 1. The van der Waals surface area contributed by atoms with Gasteiger partial charge in [-0.1, -0.05) is 33.7 Å². The molecule has 1 aliphatic heterocycles. The van der Waals surface area contributed by atoms with Gasteiger partial charge in [-0.05, 0) is 38.0 Å². The third kappa shape index (κ3) is 3.63. The Labute approximate surface area is 153 Å². The molecule has 1 aromatic heterocycles. The van der Waals surface area contributed by atoms with E-state index in [1.165, 1.54) is 11.3 Å². The Kier molecular flexibility index (Phi) is 5.24. The highest BCUT2D eigenvalue weighted by Crippen LogP contribution is 2.30. The predicted octanol–water partition coefficient (Wildman–Crippen LogP) is 3.19. The number of carbonyl (C=O) groups is 1. The van der Waals surface area contributed by atoms with Gasteiger partial charge < -0.3 is 5.32 Å². The summed E-state index contributed by atoms with van der Waals surface area (Å²) < 4.78 is 27.8. The molecule has 1 aliphatic rings. The van der Waals surface area contributed by atoms with Crippen LogP contribution in [0.25, 0.3) is 10.2 Å². The highest BCUT2D eigenvalue weighted by atomic mass is 79.9. The molecule has 1 fully saturated rings. The fourth-order valence-electron chi connectivity index (χ4n) is 2.58. The van der Waals surface area contributed by atoms with Crippen LogP contribution >= 0.6 is 27.3 Å². The lowest BCUT2D eigenvalue weighted by Crippen LogP contribution is -2.35. The van der Waals surface area contributed by atoms with E-state index in [1.807, 2.05) is 0 Å². The maximum Gasteiger partial charge on any atom is 0.243 e. The lowest BCUT2D eigenvalue weighted by atomic mass is 10.2. The molecule has 2 heterocycles. The molecule has 0 aliphatic carbocycles. The second kappa shape index (κ2) is 7.07. The van der Waals surface area contributed by atoms with E-state index in [-0.39, 0.29) is 15.6 Å². The lowest BCUT2D eigenvalue weighted by Gasteiger charge is -2.25. The van der Waals surface area contributed by atoms with Crippen molar-refractivity contribution in [3.05, 3.63) is 18.2 Å². The Morgan fingerprint density at radius 3 is 2.71 bits per heavy atom. The van der Waals surface area contributed by atoms with Gasteiger partial charge in [0.25, 0.3) is 0 Å². The van der Waals surface area contributed by atoms with Crippen LogP contribution in [0, 0.1) is 0 Å². The third-order valence-corrected chi connectivity index (χ3v) is 7.15. The normalized spacial score (nSPS) is 17.8. The van der Waals surface area contributed by atoms with Crippen molar-refractivity contribution in [3.63, 3.8) is 0 Å². The van der Waals surface area contributed by atoms with E-state index in [0.29, 0.717) is 23.7 Å².